The maximum Gasteiger partial charge on any atom is 0.250 e. The molecule has 0 bridgehead atoms. The van der Waals surface area contributed by atoms with E-state index in [4.69, 9.17) is 0 Å². The van der Waals surface area contributed by atoms with Gasteiger partial charge in [-0.3, -0.25) is 14.5 Å². The lowest BCUT2D eigenvalue weighted by molar-refractivity contribution is 0.249. The van der Waals surface area contributed by atoms with Crippen LogP contribution in [-0.4, -0.2) is 31.1 Å². The summed E-state index contributed by atoms with van der Waals surface area (Å²) in [7, 11) is 0. The zero-order chi connectivity index (χ0) is 19.8. The van der Waals surface area contributed by atoms with Gasteiger partial charge in [-0.2, -0.15) is 0 Å². The monoisotopic (exact) mass is 374 g/mol. The van der Waals surface area contributed by atoms with Crippen molar-refractivity contribution in [2.75, 3.05) is 31.1 Å². The summed E-state index contributed by atoms with van der Waals surface area (Å²) in [5.74, 6) is 0. The van der Waals surface area contributed by atoms with Gasteiger partial charge in [0.05, 0.1) is 5.56 Å². The van der Waals surface area contributed by atoms with Crippen LogP contribution < -0.4 is 15.8 Å². The van der Waals surface area contributed by atoms with Gasteiger partial charge in [-0.1, -0.05) is 42.5 Å². The Morgan fingerprint density at radius 2 is 1.43 bits per heavy atom. The Kier molecular flexibility index (Phi) is 4.90. The number of rotatable bonds is 4. The minimum atomic E-state index is -0.340. The first-order valence-corrected chi connectivity index (χ1v) is 9.88. The van der Waals surface area contributed by atoms with Gasteiger partial charge in [0.1, 0.15) is 5.69 Å². The van der Waals surface area contributed by atoms with Crippen LogP contribution in [0.25, 0.3) is 11.1 Å². The molecule has 4 rings (SSSR count). The quantitative estimate of drug-likeness (QED) is 0.658. The van der Waals surface area contributed by atoms with E-state index in [1.54, 1.807) is 0 Å². The van der Waals surface area contributed by atoms with Crippen molar-refractivity contribution in [1.82, 2.24) is 4.90 Å². The molecule has 1 aliphatic rings. The Morgan fingerprint density at radius 3 is 2.11 bits per heavy atom. The number of aryl methyl sites for hydroxylation is 3. The summed E-state index contributed by atoms with van der Waals surface area (Å²) in [6.45, 7) is 10.4. The van der Waals surface area contributed by atoms with Crippen molar-refractivity contribution in [1.29, 1.82) is 0 Å². The maximum absolute atomic E-state index is 12.4. The van der Waals surface area contributed by atoms with Crippen molar-refractivity contribution in [2.24, 2.45) is 0 Å². The molecule has 3 aromatic rings. The van der Waals surface area contributed by atoms with Crippen LogP contribution in [-0.2, 0) is 6.54 Å². The molecule has 0 amide bonds. The second-order valence-electron chi connectivity index (χ2n) is 7.88. The van der Waals surface area contributed by atoms with E-state index in [9.17, 15) is 9.59 Å². The molecule has 0 saturated carbocycles. The first kappa shape index (κ1) is 18.6. The van der Waals surface area contributed by atoms with Gasteiger partial charge in [0, 0.05) is 32.7 Å². The average Bonchev–Trinajstić information content (AvgIpc) is 2.70. The molecule has 4 heteroatoms. The highest BCUT2D eigenvalue weighted by molar-refractivity contribution is 5.85. The molecule has 1 heterocycles. The summed E-state index contributed by atoms with van der Waals surface area (Å²) in [4.78, 5) is 29.3. The van der Waals surface area contributed by atoms with Crippen LogP contribution in [0.1, 0.15) is 22.3 Å². The van der Waals surface area contributed by atoms with Crippen molar-refractivity contribution in [3.63, 3.8) is 0 Å². The molecule has 0 atom stereocenters. The van der Waals surface area contributed by atoms with E-state index in [2.05, 4.69) is 53.1 Å². The predicted octanol–water partition coefficient (Wildman–Crippen LogP) is 3.20. The minimum Gasteiger partial charge on any atom is -0.365 e. The van der Waals surface area contributed by atoms with E-state index in [-0.39, 0.29) is 10.9 Å². The largest absolute Gasteiger partial charge is 0.365 e. The number of hydrogen-bond acceptors (Lipinski definition) is 4. The second-order valence-corrected chi connectivity index (χ2v) is 7.88. The number of nitrogens with zero attached hydrogens (tertiary/aromatic N) is 2. The molecule has 144 valence electrons. The predicted molar refractivity (Wildman–Crippen MR) is 115 cm³/mol. The summed E-state index contributed by atoms with van der Waals surface area (Å²) in [5, 5.41) is 0. The topological polar surface area (TPSA) is 40.6 Å². The number of anilines is 1. The van der Waals surface area contributed by atoms with Gasteiger partial charge in [0.2, 0.25) is 10.9 Å². The zero-order valence-corrected chi connectivity index (χ0v) is 16.8. The van der Waals surface area contributed by atoms with Crippen molar-refractivity contribution in [3.05, 3.63) is 85.2 Å². The van der Waals surface area contributed by atoms with Crippen LogP contribution in [0.5, 0.6) is 0 Å². The third kappa shape index (κ3) is 3.29. The molecule has 0 spiro atoms. The summed E-state index contributed by atoms with van der Waals surface area (Å²) in [6, 6.07) is 14.6. The molecule has 28 heavy (non-hydrogen) atoms. The Labute approximate surface area is 165 Å². The smallest absolute Gasteiger partial charge is 0.250 e. The van der Waals surface area contributed by atoms with E-state index in [0.29, 0.717) is 11.3 Å². The Balaban J connectivity index is 1.54. The highest BCUT2D eigenvalue weighted by Gasteiger charge is 2.30. The van der Waals surface area contributed by atoms with Gasteiger partial charge < -0.3 is 4.90 Å². The average molecular weight is 374 g/mol. The molecular weight excluding hydrogens is 348 g/mol. The van der Waals surface area contributed by atoms with Crippen LogP contribution in [0.4, 0.5) is 5.69 Å². The van der Waals surface area contributed by atoms with Gasteiger partial charge in [-0.25, -0.2) is 0 Å². The number of hydrogen-bond donors (Lipinski definition) is 0. The fourth-order valence-electron chi connectivity index (χ4n) is 4.13. The Morgan fingerprint density at radius 1 is 0.786 bits per heavy atom. The van der Waals surface area contributed by atoms with Gasteiger partial charge in [0.15, 0.2) is 0 Å². The third-order valence-electron chi connectivity index (χ3n) is 5.93. The molecule has 0 N–H and O–H groups in total. The number of piperazine rings is 1. The molecule has 0 aliphatic carbocycles. The highest BCUT2D eigenvalue weighted by atomic mass is 16.2. The molecule has 3 aromatic carbocycles. The molecule has 1 aliphatic heterocycles. The van der Waals surface area contributed by atoms with Crippen LogP contribution in [0.2, 0.25) is 0 Å². The normalized spacial score (nSPS) is 15.3. The zero-order valence-electron chi connectivity index (χ0n) is 16.8. The molecule has 1 saturated heterocycles. The van der Waals surface area contributed by atoms with Gasteiger partial charge in [-0.15, -0.1) is 0 Å². The lowest BCUT2D eigenvalue weighted by atomic mass is 9.91. The third-order valence-corrected chi connectivity index (χ3v) is 5.93. The van der Waals surface area contributed by atoms with Crippen molar-refractivity contribution in [2.45, 2.75) is 27.3 Å². The van der Waals surface area contributed by atoms with Crippen LogP contribution >= 0.6 is 0 Å². The fraction of sp³-hybridized carbons (Fsp3) is 0.333. The lowest BCUT2D eigenvalue weighted by Crippen LogP contribution is -2.51. The summed E-state index contributed by atoms with van der Waals surface area (Å²) < 4.78 is 0. The lowest BCUT2D eigenvalue weighted by Gasteiger charge is -2.37. The standard InChI is InChI=1S/C24H26N2O2/c1-16-13-18(3)20(14-17(16)2)21-22(24(28)23(21)27)26-11-9-25(10-12-26)15-19-7-5-4-6-8-19/h4-8,13-14H,9-12,15H2,1-3H3. The van der Waals surface area contributed by atoms with Gasteiger partial charge in [0.25, 0.3) is 0 Å². The first-order valence-electron chi connectivity index (χ1n) is 9.88. The van der Waals surface area contributed by atoms with E-state index in [1.165, 1.54) is 11.1 Å². The molecule has 0 unspecified atom stereocenters. The summed E-state index contributed by atoms with van der Waals surface area (Å²) in [6.07, 6.45) is 0. The minimum absolute atomic E-state index is 0.330. The van der Waals surface area contributed by atoms with Crippen LogP contribution in [0.3, 0.4) is 0 Å². The second kappa shape index (κ2) is 7.36. The molecule has 0 aromatic heterocycles. The van der Waals surface area contributed by atoms with Crippen molar-refractivity contribution >= 4 is 5.69 Å². The van der Waals surface area contributed by atoms with E-state index >= 15 is 0 Å². The van der Waals surface area contributed by atoms with Crippen LogP contribution in [0.15, 0.2) is 52.1 Å². The fourth-order valence-corrected chi connectivity index (χ4v) is 4.13. The van der Waals surface area contributed by atoms with E-state index in [1.807, 2.05) is 19.9 Å². The molecule has 1 fully saturated rings. The summed E-state index contributed by atoms with van der Waals surface area (Å²) in [5.41, 5.74) is 6.18. The molecule has 0 radical (unpaired) electrons. The Bertz CT molecular complexity index is 1070. The number of benzene rings is 2. The molecule has 4 nitrogen and oxygen atoms in total. The van der Waals surface area contributed by atoms with Gasteiger partial charge >= 0.3 is 0 Å². The van der Waals surface area contributed by atoms with Gasteiger partial charge in [-0.05, 0) is 48.6 Å². The van der Waals surface area contributed by atoms with E-state index < -0.39 is 0 Å². The van der Waals surface area contributed by atoms with Crippen molar-refractivity contribution < 1.29 is 0 Å². The van der Waals surface area contributed by atoms with E-state index in [0.717, 1.165) is 49.4 Å². The Hall–Kier alpha value is -2.72. The maximum atomic E-state index is 12.4. The van der Waals surface area contributed by atoms with Crippen molar-refractivity contribution in [3.8, 4) is 11.1 Å². The SMILES string of the molecule is Cc1cc(C)c(-c2c(N3CCN(Cc4ccccc4)CC3)c(=O)c2=O)cc1C. The molecular formula is C24H26N2O2. The highest BCUT2D eigenvalue weighted by Crippen LogP contribution is 2.31. The summed E-state index contributed by atoms with van der Waals surface area (Å²) >= 11 is 0. The van der Waals surface area contributed by atoms with Crippen LogP contribution in [0, 0.1) is 20.8 Å². The first-order chi connectivity index (χ1) is 13.5.